The number of anilines is 1. The van der Waals surface area contributed by atoms with Gasteiger partial charge in [0.05, 0.1) is 0 Å². The first-order chi connectivity index (χ1) is 13.8. The normalized spacial score (nSPS) is 13.0. The Balaban J connectivity index is 2.12. The summed E-state index contributed by atoms with van der Waals surface area (Å²) in [5, 5.41) is 3.94. The second-order valence-corrected chi connectivity index (χ2v) is 9.56. The summed E-state index contributed by atoms with van der Waals surface area (Å²) in [5.41, 5.74) is 2.54. The van der Waals surface area contributed by atoms with Crippen molar-refractivity contribution in [3.8, 4) is 0 Å². The van der Waals surface area contributed by atoms with Crippen LogP contribution in [-0.2, 0) is 14.8 Å². The number of carbonyl (C=O) groups excluding carboxylic acids is 1. The molecule has 0 spiro atoms. The molecule has 2 aromatic carbocycles. The first kappa shape index (κ1) is 23.2. The number of thioether (sulfide) groups is 1. The highest BCUT2D eigenvalue weighted by atomic mass is 32.2. The summed E-state index contributed by atoms with van der Waals surface area (Å²) in [6, 6.07) is 15.9. The third kappa shape index (κ3) is 8.04. The van der Waals surface area contributed by atoms with E-state index < -0.39 is 16.1 Å². The van der Waals surface area contributed by atoms with Gasteiger partial charge in [0.15, 0.2) is 0 Å². The number of rotatable bonds is 10. The Morgan fingerprint density at radius 2 is 1.83 bits per heavy atom. The Kier molecular flexibility index (Phi) is 8.95. The summed E-state index contributed by atoms with van der Waals surface area (Å²) < 4.78 is 27.5. The second kappa shape index (κ2) is 11.2. The maximum absolute atomic E-state index is 12.8. The molecule has 0 saturated heterocycles. The molecule has 1 amide bonds. The van der Waals surface area contributed by atoms with E-state index >= 15 is 0 Å². The molecule has 2 aromatic rings. The minimum atomic E-state index is -3.77. The molecule has 0 aliphatic carbocycles. The lowest BCUT2D eigenvalue weighted by Crippen LogP contribution is -2.43. The van der Waals surface area contributed by atoms with Gasteiger partial charge in [-0.15, -0.1) is 0 Å². The molecule has 29 heavy (non-hydrogen) atoms. The number of sulfonamides is 1. The average molecular weight is 433 g/mol. The average Bonchev–Trinajstić information content (AvgIpc) is 2.70. The predicted molar refractivity (Wildman–Crippen MR) is 123 cm³/mol. The molecule has 0 radical (unpaired) electrons. The van der Waals surface area contributed by atoms with E-state index in [0.717, 1.165) is 16.5 Å². The van der Waals surface area contributed by atoms with Crippen LogP contribution in [0.25, 0.3) is 6.08 Å². The van der Waals surface area contributed by atoms with E-state index in [1.54, 1.807) is 17.8 Å². The molecule has 1 atom stereocenters. The first-order valence-corrected chi connectivity index (χ1v) is 12.4. The fourth-order valence-electron chi connectivity index (χ4n) is 2.65. The molecule has 156 valence electrons. The van der Waals surface area contributed by atoms with Gasteiger partial charge in [-0.1, -0.05) is 56.3 Å². The topological polar surface area (TPSA) is 75.3 Å². The minimum absolute atomic E-state index is 0.334. The molecule has 0 fully saturated rings. The summed E-state index contributed by atoms with van der Waals surface area (Å²) in [7, 11) is -3.77. The van der Waals surface area contributed by atoms with Crippen LogP contribution in [-0.4, -0.2) is 32.4 Å². The summed E-state index contributed by atoms with van der Waals surface area (Å²) >= 11 is 1.56. The predicted octanol–water partition coefficient (Wildman–Crippen LogP) is 4.46. The lowest BCUT2D eigenvalue weighted by Gasteiger charge is -2.18. The SMILES string of the molecule is CSCCC(NS(=O)(=O)/C=C/c1ccccc1)C(=O)Nc1cccc(C(C)C)c1. The lowest BCUT2D eigenvalue weighted by molar-refractivity contribution is -0.117. The Hall–Kier alpha value is -2.09. The number of carbonyl (C=O) groups is 1. The summed E-state index contributed by atoms with van der Waals surface area (Å²) in [5.74, 6) is 0.632. The van der Waals surface area contributed by atoms with Crippen molar-refractivity contribution < 1.29 is 13.2 Å². The smallest absolute Gasteiger partial charge is 0.242 e. The van der Waals surface area contributed by atoms with Gasteiger partial charge in [-0.2, -0.15) is 16.5 Å². The van der Waals surface area contributed by atoms with Crippen molar-refractivity contribution in [3.05, 3.63) is 71.1 Å². The van der Waals surface area contributed by atoms with Gasteiger partial charge in [0, 0.05) is 11.1 Å². The van der Waals surface area contributed by atoms with E-state index in [9.17, 15) is 13.2 Å². The van der Waals surface area contributed by atoms with Gasteiger partial charge in [0.1, 0.15) is 6.04 Å². The van der Waals surface area contributed by atoms with Gasteiger partial charge in [0.2, 0.25) is 15.9 Å². The second-order valence-electron chi connectivity index (χ2n) is 6.98. The third-order valence-electron chi connectivity index (χ3n) is 4.29. The number of hydrogen-bond donors (Lipinski definition) is 2. The van der Waals surface area contributed by atoms with Crippen LogP contribution >= 0.6 is 11.8 Å². The standard InChI is InChI=1S/C22H28N2O3S2/c1-17(2)19-10-7-11-20(16-19)23-22(25)21(12-14-28-3)24-29(26,27)15-13-18-8-5-4-6-9-18/h4-11,13,15-17,21,24H,12,14H2,1-3H3,(H,23,25)/b15-13+. The summed E-state index contributed by atoms with van der Waals surface area (Å²) in [6.45, 7) is 4.16. The Labute approximate surface area is 178 Å². The van der Waals surface area contributed by atoms with Gasteiger partial charge in [-0.3, -0.25) is 4.79 Å². The molecule has 0 heterocycles. The quantitative estimate of drug-likeness (QED) is 0.581. The molecule has 2 rings (SSSR count). The molecule has 0 aliphatic rings. The van der Waals surface area contributed by atoms with Crippen molar-refractivity contribution in [2.45, 2.75) is 32.2 Å². The van der Waals surface area contributed by atoms with E-state index in [0.29, 0.717) is 23.8 Å². The van der Waals surface area contributed by atoms with Gasteiger partial charge >= 0.3 is 0 Å². The number of amides is 1. The van der Waals surface area contributed by atoms with Crippen LogP contribution in [0.3, 0.4) is 0 Å². The fraction of sp³-hybridized carbons (Fsp3) is 0.318. The zero-order valence-electron chi connectivity index (χ0n) is 17.0. The molecule has 2 N–H and O–H groups in total. The minimum Gasteiger partial charge on any atom is -0.325 e. The van der Waals surface area contributed by atoms with Crippen LogP contribution < -0.4 is 10.0 Å². The highest BCUT2D eigenvalue weighted by Gasteiger charge is 2.23. The Morgan fingerprint density at radius 3 is 2.48 bits per heavy atom. The molecule has 0 aliphatic heterocycles. The molecule has 0 saturated carbocycles. The van der Waals surface area contributed by atoms with Crippen molar-refractivity contribution in [2.24, 2.45) is 0 Å². The van der Waals surface area contributed by atoms with Crippen molar-refractivity contribution in [2.75, 3.05) is 17.3 Å². The van der Waals surface area contributed by atoms with Gasteiger partial charge in [0.25, 0.3) is 0 Å². The maximum atomic E-state index is 12.8. The van der Waals surface area contributed by atoms with Gasteiger partial charge in [-0.05, 0) is 53.7 Å². The first-order valence-electron chi connectivity index (χ1n) is 9.46. The summed E-state index contributed by atoms with van der Waals surface area (Å²) in [4.78, 5) is 12.8. The highest BCUT2D eigenvalue weighted by molar-refractivity contribution is 7.98. The maximum Gasteiger partial charge on any atom is 0.242 e. The van der Waals surface area contributed by atoms with Crippen molar-refractivity contribution >= 4 is 39.5 Å². The number of benzene rings is 2. The van der Waals surface area contributed by atoms with E-state index in [1.165, 1.54) is 6.08 Å². The molecular formula is C22H28N2O3S2. The van der Waals surface area contributed by atoms with Crippen LogP contribution in [0.4, 0.5) is 5.69 Å². The number of hydrogen-bond acceptors (Lipinski definition) is 4. The van der Waals surface area contributed by atoms with Gasteiger partial charge < -0.3 is 5.32 Å². The molecule has 0 bridgehead atoms. The lowest BCUT2D eigenvalue weighted by atomic mass is 10.0. The van der Waals surface area contributed by atoms with E-state index in [-0.39, 0.29) is 5.91 Å². The van der Waals surface area contributed by atoms with Crippen LogP contribution in [0, 0.1) is 0 Å². The fourth-order valence-corrected chi connectivity index (χ4v) is 4.16. The van der Waals surface area contributed by atoms with Crippen molar-refractivity contribution in [1.82, 2.24) is 4.72 Å². The number of nitrogens with one attached hydrogen (secondary N) is 2. The van der Waals surface area contributed by atoms with Crippen LogP contribution in [0.15, 0.2) is 60.0 Å². The molecule has 5 nitrogen and oxygen atoms in total. The monoisotopic (exact) mass is 432 g/mol. The molecular weight excluding hydrogens is 404 g/mol. The highest BCUT2D eigenvalue weighted by Crippen LogP contribution is 2.19. The van der Waals surface area contributed by atoms with Crippen LogP contribution in [0.2, 0.25) is 0 Å². The van der Waals surface area contributed by atoms with E-state index in [2.05, 4.69) is 23.9 Å². The van der Waals surface area contributed by atoms with Crippen molar-refractivity contribution in [3.63, 3.8) is 0 Å². The largest absolute Gasteiger partial charge is 0.325 e. The molecule has 7 heteroatoms. The van der Waals surface area contributed by atoms with Gasteiger partial charge in [-0.25, -0.2) is 8.42 Å². The van der Waals surface area contributed by atoms with Crippen LogP contribution in [0.5, 0.6) is 0 Å². The van der Waals surface area contributed by atoms with E-state index in [1.807, 2.05) is 54.8 Å². The summed E-state index contributed by atoms with van der Waals surface area (Å²) in [6.07, 6.45) is 3.83. The molecule has 0 aromatic heterocycles. The van der Waals surface area contributed by atoms with Crippen LogP contribution in [0.1, 0.15) is 37.3 Å². The van der Waals surface area contributed by atoms with Crippen molar-refractivity contribution in [1.29, 1.82) is 0 Å². The zero-order valence-corrected chi connectivity index (χ0v) is 18.6. The third-order valence-corrected chi connectivity index (χ3v) is 6.05. The Morgan fingerprint density at radius 1 is 1.10 bits per heavy atom. The molecule has 1 unspecified atom stereocenters. The Bertz CT molecular complexity index is 926. The van der Waals surface area contributed by atoms with E-state index in [4.69, 9.17) is 0 Å². The zero-order chi connectivity index (χ0) is 21.3.